The smallest absolute Gasteiger partial charge is 0.112 e. The molecule has 5 heteroatoms. The Morgan fingerprint density at radius 1 is 1.67 bits per heavy atom. The first-order valence-electron chi connectivity index (χ1n) is 3.94. The second kappa shape index (κ2) is 5.10. The first-order chi connectivity index (χ1) is 5.83. The zero-order valence-corrected chi connectivity index (χ0v) is 8.26. The van der Waals surface area contributed by atoms with E-state index in [-0.39, 0.29) is 24.9 Å². The molecular formula is C7H15O4P. The average molecular weight is 194 g/mol. The van der Waals surface area contributed by atoms with E-state index in [0.717, 1.165) is 6.42 Å². The Labute approximate surface area is 74.5 Å². The Kier molecular flexibility index (Phi) is 4.40. The van der Waals surface area contributed by atoms with E-state index >= 15 is 0 Å². The van der Waals surface area contributed by atoms with Gasteiger partial charge < -0.3 is 19.1 Å². The molecule has 0 amide bonds. The first kappa shape index (κ1) is 10.4. The monoisotopic (exact) mass is 194 g/mol. The lowest BCUT2D eigenvalue weighted by Gasteiger charge is -2.35. The molecule has 1 heterocycles. The minimum Gasteiger partial charge on any atom is -0.394 e. The molecule has 4 nitrogen and oxygen atoms in total. The summed E-state index contributed by atoms with van der Waals surface area (Å²) in [6.07, 6.45) is 0.389. The van der Waals surface area contributed by atoms with Gasteiger partial charge in [0.2, 0.25) is 0 Å². The maximum Gasteiger partial charge on any atom is 0.112 e. The Morgan fingerprint density at radius 3 is 2.92 bits per heavy atom. The van der Waals surface area contributed by atoms with Crippen LogP contribution in [0.15, 0.2) is 0 Å². The molecule has 2 unspecified atom stereocenters. The highest BCUT2D eigenvalue weighted by molar-refractivity contribution is 7.09. The van der Waals surface area contributed by atoms with Crippen molar-refractivity contribution < 1.29 is 19.1 Å². The van der Waals surface area contributed by atoms with E-state index < -0.39 is 0 Å². The molecule has 1 aliphatic heterocycles. The van der Waals surface area contributed by atoms with Crippen LogP contribution in [0.3, 0.4) is 0 Å². The molecule has 1 N–H and O–H groups in total. The molecular weight excluding hydrogens is 179 g/mol. The molecule has 0 aliphatic carbocycles. The largest absolute Gasteiger partial charge is 0.394 e. The van der Waals surface area contributed by atoms with Crippen LogP contribution in [-0.2, 0) is 14.0 Å². The third kappa shape index (κ3) is 2.15. The summed E-state index contributed by atoms with van der Waals surface area (Å²) in [6.45, 7) is 0.590. The van der Waals surface area contributed by atoms with Gasteiger partial charge in [-0.2, -0.15) is 0 Å². The Morgan fingerprint density at radius 2 is 2.42 bits per heavy atom. The summed E-state index contributed by atoms with van der Waals surface area (Å²) in [7, 11) is 3.82. The summed E-state index contributed by atoms with van der Waals surface area (Å²) in [5.41, 5.74) is 0. The average Bonchev–Trinajstić information content (AvgIpc) is 2.16. The molecule has 0 aromatic heterocycles. The van der Waals surface area contributed by atoms with E-state index in [2.05, 4.69) is 9.47 Å². The summed E-state index contributed by atoms with van der Waals surface area (Å²) in [5.74, 6) is 0. The molecule has 1 rings (SSSR count). The third-order valence-corrected chi connectivity index (χ3v) is 2.44. The van der Waals surface area contributed by atoms with Crippen molar-refractivity contribution in [1.29, 1.82) is 0 Å². The van der Waals surface area contributed by atoms with Crippen molar-refractivity contribution in [2.45, 2.75) is 24.7 Å². The minimum atomic E-state index is -0.255. The highest BCUT2D eigenvalue weighted by Crippen LogP contribution is 2.21. The van der Waals surface area contributed by atoms with Crippen molar-refractivity contribution in [3.05, 3.63) is 0 Å². The van der Waals surface area contributed by atoms with Gasteiger partial charge in [0.1, 0.15) is 12.2 Å². The normalized spacial score (nSPS) is 36.8. The second-order valence-corrected chi connectivity index (χ2v) is 3.03. The lowest BCUT2D eigenvalue weighted by atomic mass is 10.0. The lowest BCUT2D eigenvalue weighted by molar-refractivity contribution is -0.150. The standard InChI is InChI=1S/C7H15O4P/c1-9-7-5(11-12)2-3-10-6(7)4-8/h5-8H,2-4,12H2,1H3/t5-,6-,7?/m1/s1. The third-order valence-electron chi connectivity index (χ3n) is 2.09. The van der Waals surface area contributed by atoms with Gasteiger partial charge in [-0.05, 0) is 6.42 Å². The number of aliphatic hydroxyl groups is 1. The van der Waals surface area contributed by atoms with Crippen LogP contribution >= 0.6 is 9.47 Å². The molecule has 0 spiro atoms. The molecule has 0 saturated carbocycles. The van der Waals surface area contributed by atoms with Gasteiger partial charge in [-0.1, -0.05) is 0 Å². The van der Waals surface area contributed by atoms with Gasteiger partial charge in [0, 0.05) is 23.2 Å². The van der Waals surface area contributed by atoms with Gasteiger partial charge in [-0.15, -0.1) is 0 Å². The van der Waals surface area contributed by atoms with E-state index in [9.17, 15) is 0 Å². The quantitative estimate of drug-likeness (QED) is 0.640. The van der Waals surface area contributed by atoms with Gasteiger partial charge in [0.25, 0.3) is 0 Å². The Bertz CT molecular complexity index is 121. The predicted octanol–water partition coefficient (Wildman–Crippen LogP) is -0.0421. The lowest BCUT2D eigenvalue weighted by Crippen LogP contribution is -2.47. The molecule has 1 aliphatic rings. The molecule has 1 fully saturated rings. The van der Waals surface area contributed by atoms with Crippen molar-refractivity contribution in [3.63, 3.8) is 0 Å². The molecule has 0 aromatic carbocycles. The number of methoxy groups -OCH3 is 1. The van der Waals surface area contributed by atoms with E-state index in [0.29, 0.717) is 6.61 Å². The number of hydrogen-bond acceptors (Lipinski definition) is 4. The first-order valence-corrected chi connectivity index (χ1v) is 4.41. The summed E-state index contributed by atoms with van der Waals surface area (Å²) >= 11 is 0. The number of hydrogen-bond donors (Lipinski definition) is 1. The Hall–Kier alpha value is 0.270. The maximum atomic E-state index is 8.94. The van der Waals surface area contributed by atoms with E-state index in [1.54, 1.807) is 7.11 Å². The molecule has 1 saturated heterocycles. The summed E-state index contributed by atoms with van der Waals surface area (Å²) < 4.78 is 15.6. The molecule has 0 bridgehead atoms. The van der Waals surface area contributed by atoms with Gasteiger partial charge >= 0.3 is 0 Å². The highest BCUT2D eigenvalue weighted by Gasteiger charge is 2.33. The van der Waals surface area contributed by atoms with Crippen LogP contribution in [0.5, 0.6) is 0 Å². The molecule has 0 radical (unpaired) electrons. The molecule has 4 atom stereocenters. The van der Waals surface area contributed by atoms with E-state index in [4.69, 9.17) is 19.1 Å². The van der Waals surface area contributed by atoms with Gasteiger partial charge in [0.15, 0.2) is 0 Å². The molecule has 72 valence electrons. The summed E-state index contributed by atoms with van der Waals surface area (Å²) in [6, 6.07) is 0. The van der Waals surface area contributed by atoms with Crippen LogP contribution in [-0.4, -0.2) is 43.7 Å². The van der Waals surface area contributed by atoms with Crippen molar-refractivity contribution >= 4 is 9.47 Å². The van der Waals surface area contributed by atoms with Gasteiger partial charge in [0.05, 0.1) is 12.7 Å². The fraction of sp³-hybridized carbons (Fsp3) is 1.00. The van der Waals surface area contributed by atoms with Gasteiger partial charge in [-0.3, -0.25) is 0 Å². The SMILES string of the molecule is COC1[C@H](OP)CCO[C@@H]1CO. The van der Waals surface area contributed by atoms with Gasteiger partial charge in [-0.25, -0.2) is 0 Å². The fourth-order valence-corrected chi connectivity index (χ4v) is 1.73. The fourth-order valence-electron chi connectivity index (χ4n) is 1.44. The van der Waals surface area contributed by atoms with E-state index in [1.807, 2.05) is 0 Å². The number of aliphatic hydroxyl groups excluding tert-OH is 1. The maximum absolute atomic E-state index is 8.94. The summed E-state index contributed by atoms with van der Waals surface area (Å²) in [4.78, 5) is 0. The van der Waals surface area contributed by atoms with E-state index in [1.165, 1.54) is 0 Å². The molecule has 12 heavy (non-hydrogen) atoms. The Balaban J connectivity index is 2.52. The number of rotatable bonds is 3. The predicted molar refractivity (Wildman–Crippen MR) is 46.8 cm³/mol. The van der Waals surface area contributed by atoms with Crippen LogP contribution in [0.4, 0.5) is 0 Å². The zero-order valence-electron chi connectivity index (χ0n) is 7.10. The summed E-state index contributed by atoms with van der Waals surface area (Å²) in [5, 5.41) is 8.94. The zero-order chi connectivity index (χ0) is 8.97. The van der Waals surface area contributed by atoms with Crippen molar-refractivity contribution in [1.82, 2.24) is 0 Å². The van der Waals surface area contributed by atoms with Crippen molar-refractivity contribution in [2.24, 2.45) is 0 Å². The minimum absolute atomic E-state index is 0.00546. The topological polar surface area (TPSA) is 47.9 Å². The van der Waals surface area contributed by atoms with Crippen LogP contribution in [0, 0.1) is 0 Å². The highest BCUT2D eigenvalue weighted by atomic mass is 31.0. The second-order valence-electron chi connectivity index (χ2n) is 2.76. The van der Waals surface area contributed by atoms with Crippen molar-refractivity contribution in [2.75, 3.05) is 20.3 Å². The molecule has 0 aromatic rings. The van der Waals surface area contributed by atoms with Crippen LogP contribution in [0.2, 0.25) is 0 Å². The number of ether oxygens (including phenoxy) is 2. The van der Waals surface area contributed by atoms with Crippen LogP contribution in [0.25, 0.3) is 0 Å². The van der Waals surface area contributed by atoms with Crippen LogP contribution in [0.1, 0.15) is 6.42 Å². The van der Waals surface area contributed by atoms with Crippen LogP contribution < -0.4 is 0 Å². The van der Waals surface area contributed by atoms with Crippen molar-refractivity contribution in [3.8, 4) is 0 Å².